The number of nitrogens with zero attached hydrogens (tertiary/aromatic N) is 2. The summed E-state index contributed by atoms with van der Waals surface area (Å²) in [7, 11) is 0. The largest absolute Gasteiger partial charge is 0.379 e. The smallest absolute Gasteiger partial charge is 0.191 e. The molecule has 2 heterocycles. The lowest BCUT2D eigenvalue weighted by Crippen LogP contribution is -2.39. The van der Waals surface area contributed by atoms with E-state index < -0.39 is 0 Å². The predicted molar refractivity (Wildman–Crippen MR) is 138 cm³/mol. The number of morpholine rings is 1. The summed E-state index contributed by atoms with van der Waals surface area (Å²) >= 11 is 1.83. The lowest BCUT2D eigenvalue weighted by molar-refractivity contribution is 0.0342. The molecule has 0 saturated carbocycles. The summed E-state index contributed by atoms with van der Waals surface area (Å²) in [4.78, 5) is 8.70. The Labute approximate surface area is 202 Å². The Balaban J connectivity index is 0.00000320. The van der Waals surface area contributed by atoms with Gasteiger partial charge in [0.25, 0.3) is 0 Å². The van der Waals surface area contributed by atoms with Crippen molar-refractivity contribution in [3.05, 3.63) is 57.8 Å². The molecule has 1 aromatic heterocycles. The lowest BCUT2D eigenvalue weighted by atomic mass is 10.1. The third-order valence-corrected chi connectivity index (χ3v) is 5.91. The van der Waals surface area contributed by atoms with Crippen molar-refractivity contribution >= 4 is 41.3 Å². The summed E-state index contributed by atoms with van der Waals surface area (Å²) in [6.45, 7) is 11.6. The van der Waals surface area contributed by atoms with Crippen molar-refractivity contribution in [3.63, 3.8) is 0 Å². The molecule has 1 aliphatic rings. The quantitative estimate of drug-likeness (QED) is 0.284. The molecule has 2 N–H and O–H groups in total. The van der Waals surface area contributed by atoms with E-state index in [-0.39, 0.29) is 24.0 Å². The average molecular weight is 543 g/mol. The van der Waals surface area contributed by atoms with Gasteiger partial charge in [-0.3, -0.25) is 4.90 Å². The van der Waals surface area contributed by atoms with Gasteiger partial charge < -0.3 is 15.4 Å². The third kappa shape index (κ3) is 8.91. The average Bonchev–Trinajstić information content (AvgIpc) is 3.24. The molecule has 1 unspecified atom stereocenters. The van der Waals surface area contributed by atoms with E-state index in [0.717, 1.165) is 58.3 Å². The second kappa shape index (κ2) is 14.0. The van der Waals surface area contributed by atoms with Gasteiger partial charge in [-0.15, -0.1) is 35.3 Å². The summed E-state index contributed by atoms with van der Waals surface area (Å²) in [5, 5.41) is 9.02. The second-order valence-corrected chi connectivity index (χ2v) is 8.71. The van der Waals surface area contributed by atoms with E-state index >= 15 is 0 Å². The van der Waals surface area contributed by atoms with Crippen LogP contribution in [0.5, 0.6) is 0 Å². The molecule has 30 heavy (non-hydrogen) atoms. The van der Waals surface area contributed by atoms with E-state index in [1.807, 2.05) is 11.3 Å². The SMILES string of the molecule is CCNC(=NCc1cccc(CN2CCOCC2)c1)NCC(C)Cc1cccs1.I. The van der Waals surface area contributed by atoms with Crippen LogP contribution in [0.1, 0.15) is 29.9 Å². The fourth-order valence-corrected chi connectivity index (χ4v) is 4.34. The summed E-state index contributed by atoms with van der Waals surface area (Å²) < 4.78 is 5.44. The van der Waals surface area contributed by atoms with Crippen LogP contribution in [0.25, 0.3) is 0 Å². The fraction of sp³-hybridized carbons (Fsp3) is 0.522. The molecular weight excluding hydrogens is 507 g/mol. The summed E-state index contributed by atoms with van der Waals surface area (Å²) in [5.74, 6) is 1.46. The minimum atomic E-state index is 0. The number of guanidine groups is 1. The molecule has 1 fully saturated rings. The molecule has 166 valence electrons. The van der Waals surface area contributed by atoms with Crippen molar-refractivity contribution in [1.82, 2.24) is 15.5 Å². The molecule has 0 amide bonds. The molecule has 0 aliphatic carbocycles. The number of rotatable bonds is 9. The van der Waals surface area contributed by atoms with Crippen LogP contribution < -0.4 is 10.6 Å². The maximum Gasteiger partial charge on any atom is 0.191 e. The van der Waals surface area contributed by atoms with Crippen LogP contribution in [0, 0.1) is 5.92 Å². The number of ether oxygens (including phenoxy) is 1. The van der Waals surface area contributed by atoms with Crippen LogP contribution in [-0.4, -0.2) is 50.3 Å². The Morgan fingerprint density at radius 2 is 1.97 bits per heavy atom. The van der Waals surface area contributed by atoms with E-state index in [0.29, 0.717) is 12.5 Å². The first kappa shape index (κ1) is 25.1. The Kier molecular flexibility index (Phi) is 11.7. The Morgan fingerprint density at radius 3 is 2.70 bits per heavy atom. The summed E-state index contributed by atoms with van der Waals surface area (Å²) in [6.07, 6.45) is 1.10. The van der Waals surface area contributed by atoms with E-state index in [1.54, 1.807) is 0 Å². The fourth-order valence-electron chi connectivity index (χ4n) is 3.47. The minimum Gasteiger partial charge on any atom is -0.379 e. The van der Waals surface area contributed by atoms with Crippen molar-refractivity contribution < 1.29 is 4.74 Å². The first-order chi connectivity index (χ1) is 14.2. The first-order valence-corrected chi connectivity index (χ1v) is 11.5. The summed E-state index contributed by atoms with van der Waals surface area (Å²) in [6, 6.07) is 13.1. The molecular formula is C23H35IN4OS. The van der Waals surface area contributed by atoms with Crippen LogP contribution >= 0.6 is 35.3 Å². The zero-order chi connectivity index (χ0) is 20.3. The lowest BCUT2D eigenvalue weighted by Gasteiger charge is -2.26. The van der Waals surface area contributed by atoms with Crippen molar-refractivity contribution in [3.8, 4) is 0 Å². The van der Waals surface area contributed by atoms with E-state index in [2.05, 4.69) is 71.2 Å². The third-order valence-electron chi connectivity index (χ3n) is 5.01. The number of hydrogen-bond acceptors (Lipinski definition) is 4. The topological polar surface area (TPSA) is 48.9 Å². The van der Waals surface area contributed by atoms with Gasteiger partial charge >= 0.3 is 0 Å². The highest BCUT2D eigenvalue weighted by atomic mass is 127. The summed E-state index contributed by atoms with van der Waals surface area (Å²) in [5.41, 5.74) is 2.60. The molecule has 0 radical (unpaired) electrons. The van der Waals surface area contributed by atoms with Gasteiger partial charge in [0.05, 0.1) is 19.8 Å². The van der Waals surface area contributed by atoms with Gasteiger partial charge in [0.2, 0.25) is 0 Å². The molecule has 1 atom stereocenters. The Bertz CT molecular complexity index is 747. The van der Waals surface area contributed by atoms with Gasteiger partial charge in [-0.05, 0) is 41.8 Å². The molecule has 1 saturated heterocycles. The van der Waals surface area contributed by atoms with Gasteiger partial charge in [-0.2, -0.15) is 0 Å². The second-order valence-electron chi connectivity index (χ2n) is 7.67. The molecule has 0 bridgehead atoms. The molecule has 7 heteroatoms. The van der Waals surface area contributed by atoms with Crippen LogP contribution in [0.4, 0.5) is 0 Å². The Hall–Kier alpha value is -1.16. The minimum absolute atomic E-state index is 0. The predicted octanol–water partition coefficient (Wildman–Crippen LogP) is 4.13. The highest BCUT2D eigenvalue weighted by molar-refractivity contribution is 14.0. The van der Waals surface area contributed by atoms with E-state index in [4.69, 9.17) is 9.73 Å². The van der Waals surface area contributed by atoms with Crippen molar-refractivity contribution in [2.75, 3.05) is 39.4 Å². The van der Waals surface area contributed by atoms with Gasteiger partial charge in [-0.1, -0.05) is 37.3 Å². The molecule has 2 aromatic rings. The monoisotopic (exact) mass is 542 g/mol. The number of hydrogen-bond donors (Lipinski definition) is 2. The number of halogens is 1. The molecule has 1 aliphatic heterocycles. The van der Waals surface area contributed by atoms with Crippen molar-refractivity contribution in [2.45, 2.75) is 33.4 Å². The Morgan fingerprint density at radius 1 is 1.17 bits per heavy atom. The van der Waals surface area contributed by atoms with Crippen LogP contribution in [0.3, 0.4) is 0 Å². The van der Waals surface area contributed by atoms with Gasteiger partial charge in [-0.25, -0.2) is 4.99 Å². The zero-order valence-electron chi connectivity index (χ0n) is 18.1. The standard InChI is InChI=1S/C23H34N4OS.HI/c1-3-24-23(25-16-19(2)14-22-8-5-13-29-22)26-17-20-6-4-7-21(15-20)18-27-9-11-28-12-10-27;/h4-8,13,15,19H,3,9-12,14,16-18H2,1-2H3,(H2,24,25,26);1H. The number of aliphatic imine (C=N–C) groups is 1. The molecule has 5 nitrogen and oxygen atoms in total. The molecule has 1 aromatic carbocycles. The molecule has 3 rings (SSSR count). The van der Waals surface area contributed by atoms with Crippen molar-refractivity contribution in [2.24, 2.45) is 10.9 Å². The zero-order valence-corrected chi connectivity index (χ0v) is 21.2. The normalized spacial score (nSPS) is 16.0. The maximum atomic E-state index is 5.44. The van der Waals surface area contributed by atoms with E-state index in [9.17, 15) is 0 Å². The highest BCUT2D eigenvalue weighted by Gasteiger charge is 2.11. The number of benzene rings is 1. The van der Waals surface area contributed by atoms with E-state index in [1.165, 1.54) is 16.0 Å². The highest BCUT2D eigenvalue weighted by Crippen LogP contribution is 2.14. The van der Waals surface area contributed by atoms with Crippen molar-refractivity contribution in [1.29, 1.82) is 0 Å². The van der Waals surface area contributed by atoms with Gasteiger partial charge in [0.15, 0.2) is 5.96 Å². The maximum absolute atomic E-state index is 5.44. The van der Waals surface area contributed by atoms with Gasteiger partial charge in [0, 0.05) is 37.6 Å². The van der Waals surface area contributed by atoms with Gasteiger partial charge in [0.1, 0.15) is 0 Å². The number of thiophene rings is 1. The van der Waals surface area contributed by atoms with Crippen LogP contribution in [-0.2, 0) is 24.2 Å². The van der Waals surface area contributed by atoms with Crippen LogP contribution in [0.15, 0.2) is 46.8 Å². The first-order valence-electron chi connectivity index (χ1n) is 10.7. The number of nitrogens with one attached hydrogen (secondary N) is 2. The molecule has 0 spiro atoms. The van der Waals surface area contributed by atoms with Crippen LogP contribution in [0.2, 0.25) is 0 Å².